The lowest BCUT2D eigenvalue weighted by molar-refractivity contribution is 0.417. The fourth-order valence-electron chi connectivity index (χ4n) is 2.42. The van der Waals surface area contributed by atoms with Gasteiger partial charge < -0.3 is 0 Å². The van der Waals surface area contributed by atoms with Crippen molar-refractivity contribution in [1.82, 2.24) is 0 Å². The largest absolute Gasteiger partial charge is 0.0903 e. The van der Waals surface area contributed by atoms with Crippen LogP contribution in [0.5, 0.6) is 0 Å². The van der Waals surface area contributed by atoms with Gasteiger partial charge >= 0.3 is 0 Å². The van der Waals surface area contributed by atoms with Crippen molar-refractivity contribution in [2.24, 2.45) is 17.0 Å². The van der Waals surface area contributed by atoms with Crippen LogP contribution in [0, 0.1) is 11.8 Å². The molecule has 0 radical (unpaired) electrons. The zero-order valence-corrected chi connectivity index (χ0v) is 5.90. The van der Waals surface area contributed by atoms with Gasteiger partial charge in [-0.25, -0.2) is 0 Å². The maximum Gasteiger partial charge on any atom is 0.0405 e. The van der Waals surface area contributed by atoms with E-state index in [0.717, 1.165) is 18.3 Å². The van der Waals surface area contributed by atoms with E-state index in [1.54, 1.807) is 0 Å². The Balaban J connectivity index is 2.08. The summed E-state index contributed by atoms with van der Waals surface area (Å²) in [5.74, 6) is 1.63. The van der Waals surface area contributed by atoms with E-state index in [-0.39, 0.29) is 0 Å². The normalized spacial score (nSPS) is 43.4. The summed E-state index contributed by atoms with van der Waals surface area (Å²) in [6.07, 6.45) is 5.16. The third-order valence-electron chi connectivity index (χ3n) is 2.90. The second-order valence-corrected chi connectivity index (χ2v) is 3.45. The molecular weight excluding hydrogens is 126 g/mol. The molecule has 2 aliphatic carbocycles. The molecule has 3 nitrogen and oxygen atoms in total. The maximum atomic E-state index is 8.21. The van der Waals surface area contributed by atoms with Gasteiger partial charge in [-0.3, -0.25) is 0 Å². The quantitative estimate of drug-likeness (QED) is 0.303. The van der Waals surface area contributed by atoms with Gasteiger partial charge in [-0.1, -0.05) is 11.5 Å². The first-order chi connectivity index (χ1) is 4.90. The second kappa shape index (κ2) is 2.17. The second-order valence-electron chi connectivity index (χ2n) is 3.45. The van der Waals surface area contributed by atoms with Crippen molar-refractivity contribution < 1.29 is 0 Å². The van der Waals surface area contributed by atoms with Crippen LogP contribution in [0.4, 0.5) is 0 Å². The molecule has 54 valence electrons. The van der Waals surface area contributed by atoms with Crippen molar-refractivity contribution in [3.05, 3.63) is 10.4 Å². The predicted molar refractivity (Wildman–Crippen MR) is 38.4 cm³/mol. The number of nitrogens with zero attached hydrogens (tertiary/aromatic N) is 3. The summed E-state index contributed by atoms with van der Waals surface area (Å²) in [6.45, 7) is 0. The fraction of sp³-hybridized carbons (Fsp3) is 1.00. The molecule has 0 aromatic rings. The van der Waals surface area contributed by atoms with E-state index in [0.29, 0.717) is 6.04 Å². The molecule has 3 atom stereocenters. The Labute approximate surface area is 60.1 Å². The minimum atomic E-state index is 0.351. The van der Waals surface area contributed by atoms with Crippen molar-refractivity contribution >= 4 is 0 Å². The first-order valence-corrected chi connectivity index (χ1v) is 3.94. The van der Waals surface area contributed by atoms with Gasteiger partial charge in [0.2, 0.25) is 0 Å². The highest BCUT2D eigenvalue weighted by atomic mass is 15.2. The van der Waals surface area contributed by atoms with Crippen LogP contribution in [0.15, 0.2) is 5.11 Å². The molecule has 2 aliphatic rings. The molecule has 0 saturated heterocycles. The summed E-state index contributed by atoms with van der Waals surface area (Å²) in [6, 6.07) is 0.351. The van der Waals surface area contributed by atoms with E-state index in [1.165, 1.54) is 19.3 Å². The van der Waals surface area contributed by atoms with Crippen LogP contribution in [0.2, 0.25) is 0 Å². The van der Waals surface area contributed by atoms with Crippen LogP contribution in [-0.4, -0.2) is 6.04 Å². The SMILES string of the molecule is [N-]=[N+]=NC1CC2CCC1C2. The molecule has 0 spiro atoms. The van der Waals surface area contributed by atoms with Crippen molar-refractivity contribution in [2.45, 2.75) is 31.7 Å². The summed E-state index contributed by atoms with van der Waals surface area (Å²) < 4.78 is 0. The van der Waals surface area contributed by atoms with E-state index >= 15 is 0 Å². The molecule has 2 rings (SSSR count). The van der Waals surface area contributed by atoms with Crippen LogP contribution >= 0.6 is 0 Å². The van der Waals surface area contributed by atoms with E-state index < -0.39 is 0 Å². The van der Waals surface area contributed by atoms with E-state index in [4.69, 9.17) is 5.53 Å². The van der Waals surface area contributed by atoms with Gasteiger partial charge in [-0.15, -0.1) is 0 Å². The lowest BCUT2D eigenvalue weighted by Gasteiger charge is -2.15. The van der Waals surface area contributed by atoms with Crippen molar-refractivity contribution in [1.29, 1.82) is 0 Å². The van der Waals surface area contributed by atoms with Crippen LogP contribution in [0.25, 0.3) is 10.4 Å². The Morgan fingerprint density at radius 2 is 2.20 bits per heavy atom. The molecule has 2 bridgehead atoms. The minimum Gasteiger partial charge on any atom is -0.0903 e. The van der Waals surface area contributed by atoms with Crippen LogP contribution in [-0.2, 0) is 0 Å². The van der Waals surface area contributed by atoms with Crippen molar-refractivity contribution in [2.75, 3.05) is 0 Å². The lowest BCUT2D eigenvalue weighted by Crippen LogP contribution is -2.12. The first kappa shape index (κ1) is 6.05. The lowest BCUT2D eigenvalue weighted by atomic mass is 9.96. The molecule has 0 aromatic carbocycles. The number of rotatable bonds is 1. The molecular formula is C7H11N3. The molecule has 0 aromatic heterocycles. The van der Waals surface area contributed by atoms with Gasteiger partial charge in [0.05, 0.1) is 0 Å². The highest BCUT2D eigenvalue weighted by Gasteiger charge is 2.38. The molecule has 0 amide bonds. The Hall–Kier alpha value is -0.690. The third-order valence-corrected chi connectivity index (χ3v) is 2.90. The molecule has 2 fully saturated rings. The smallest absolute Gasteiger partial charge is 0.0405 e. The standard InChI is InChI=1S/C7H11N3/c8-10-9-7-4-5-1-2-6(7)3-5/h5-7H,1-4H2. The van der Waals surface area contributed by atoms with Gasteiger partial charge in [0.1, 0.15) is 0 Å². The molecule has 0 heterocycles. The number of hydrogen-bond donors (Lipinski definition) is 0. The summed E-state index contributed by atoms with van der Waals surface area (Å²) in [5.41, 5.74) is 8.21. The van der Waals surface area contributed by atoms with Crippen LogP contribution < -0.4 is 0 Å². The summed E-state index contributed by atoms with van der Waals surface area (Å²) in [7, 11) is 0. The number of fused-ring (bicyclic) bond motifs is 2. The molecule has 0 aliphatic heterocycles. The number of azide groups is 1. The summed E-state index contributed by atoms with van der Waals surface area (Å²) >= 11 is 0. The van der Waals surface area contributed by atoms with Gasteiger partial charge in [0.15, 0.2) is 0 Å². The summed E-state index contributed by atoms with van der Waals surface area (Å²) in [5, 5.41) is 3.79. The van der Waals surface area contributed by atoms with E-state index in [2.05, 4.69) is 10.0 Å². The van der Waals surface area contributed by atoms with Crippen molar-refractivity contribution in [3.63, 3.8) is 0 Å². The Morgan fingerprint density at radius 1 is 1.30 bits per heavy atom. The van der Waals surface area contributed by atoms with E-state index in [1.807, 2.05) is 0 Å². The van der Waals surface area contributed by atoms with Gasteiger partial charge in [0, 0.05) is 11.0 Å². The van der Waals surface area contributed by atoms with Crippen LogP contribution in [0.1, 0.15) is 25.7 Å². The predicted octanol–water partition coefficient (Wildman–Crippen LogP) is 2.49. The molecule has 0 N–H and O–H groups in total. The number of hydrogen-bond acceptors (Lipinski definition) is 1. The molecule has 2 saturated carbocycles. The Bertz CT molecular complexity index is 183. The highest BCUT2D eigenvalue weighted by Crippen LogP contribution is 2.45. The van der Waals surface area contributed by atoms with Gasteiger partial charge in [-0.2, -0.15) is 0 Å². The average Bonchev–Trinajstić information content (AvgIpc) is 2.48. The Morgan fingerprint density at radius 3 is 2.70 bits per heavy atom. The third kappa shape index (κ3) is 0.781. The highest BCUT2D eigenvalue weighted by molar-refractivity contribution is 4.94. The van der Waals surface area contributed by atoms with Gasteiger partial charge in [-0.05, 0) is 36.6 Å². The zero-order chi connectivity index (χ0) is 6.97. The van der Waals surface area contributed by atoms with Crippen LogP contribution in [0.3, 0.4) is 0 Å². The van der Waals surface area contributed by atoms with E-state index in [9.17, 15) is 0 Å². The first-order valence-electron chi connectivity index (χ1n) is 3.94. The van der Waals surface area contributed by atoms with Gasteiger partial charge in [0.25, 0.3) is 0 Å². The molecule has 3 unspecified atom stereocenters. The fourth-order valence-corrected chi connectivity index (χ4v) is 2.42. The molecule has 3 heteroatoms. The average molecular weight is 137 g/mol. The minimum absolute atomic E-state index is 0.351. The molecule has 10 heavy (non-hydrogen) atoms. The van der Waals surface area contributed by atoms with Crippen molar-refractivity contribution in [3.8, 4) is 0 Å². The monoisotopic (exact) mass is 137 g/mol. The Kier molecular flexibility index (Phi) is 1.31. The zero-order valence-electron chi connectivity index (χ0n) is 5.90. The maximum absolute atomic E-state index is 8.21. The topological polar surface area (TPSA) is 48.8 Å². The summed E-state index contributed by atoms with van der Waals surface area (Å²) in [4.78, 5) is 2.86.